The van der Waals surface area contributed by atoms with Gasteiger partial charge in [-0.3, -0.25) is 9.59 Å². The fraction of sp³-hybridized carbons (Fsp3) is 0.391. The van der Waals surface area contributed by atoms with Gasteiger partial charge in [-0.1, -0.05) is 24.6 Å². The smallest absolute Gasteiger partial charge is 0.179 e. The summed E-state index contributed by atoms with van der Waals surface area (Å²) < 4.78 is 11.7. The predicted molar refractivity (Wildman–Crippen MR) is 109 cm³/mol. The van der Waals surface area contributed by atoms with Crippen molar-refractivity contribution < 1.29 is 19.1 Å². The molecule has 1 fully saturated rings. The first kappa shape index (κ1) is 20.6. The number of hydrogen-bond acceptors (Lipinski definition) is 4. The Morgan fingerprint density at radius 1 is 0.929 bits per heavy atom. The van der Waals surface area contributed by atoms with Crippen LogP contribution in [0.15, 0.2) is 42.5 Å². The topological polar surface area (TPSA) is 52.6 Å². The van der Waals surface area contributed by atoms with Crippen molar-refractivity contribution in [1.29, 1.82) is 0 Å². The average molecular weight is 401 g/mol. The minimum Gasteiger partial charge on any atom is -0.457 e. The van der Waals surface area contributed by atoms with E-state index in [1.165, 1.54) is 0 Å². The number of carbonyl (C=O) groups excluding carboxylic acids is 2. The van der Waals surface area contributed by atoms with Gasteiger partial charge in [-0.2, -0.15) is 0 Å². The molecule has 0 radical (unpaired) electrons. The highest BCUT2D eigenvalue weighted by Gasteiger charge is 2.53. The van der Waals surface area contributed by atoms with E-state index in [2.05, 4.69) is 0 Å². The number of Topliss-reactive ketones (excluding diaryl/α,β-unsaturated/α-hetero) is 2. The molecule has 28 heavy (non-hydrogen) atoms. The first-order valence-corrected chi connectivity index (χ1v) is 9.78. The second kappa shape index (κ2) is 7.34. The van der Waals surface area contributed by atoms with E-state index in [1.807, 2.05) is 19.1 Å². The molecule has 0 aliphatic carbocycles. The zero-order valence-corrected chi connectivity index (χ0v) is 17.6. The number of hydrogen-bond donors (Lipinski definition) is 0. The van der Waals surface area contributed by atoms with Gasteiger partial charge in [-0.05, 0) is 81.6 Å². The number of benzene rings is 2. The van der Waals surface area contributed by atoms with Gasteiger partial charge in [-0.15, -0.1) is 0 Å². The van der Waals surface area contributed by atoms with Gasteiger partial charge in [0.05, 0.1) is 0 Å². The maximum Gasteiger partial charge on any atom is 0.179 e. The monoisotopic (exact) mass is 400 g/mol. The van der Waals surface area contributed by atoms with Crippen LogP contribution in [0.3, 0.4) is 0 Å². The molecule has 5 heteroatoms. The van der Waals surface area contributed by atoms with Crippen molar-refractivity contribution in [1.82, 2.24) is 0 Å². The molecule has 1 aliphatic heterocycles. The Morgan fingerprint density at radius 2 is 1.46 bits per heavy atom. The lowest BCUT2D eigenvalue weighted by molar-refractivity contribution is -0.184. The van der Waals surface area contributed by atoms with Crippen LogP contribution < -0.4 is 4.74 Å². The Hall–Kier alpha value is -2.17. The lowest BCUT2D eigenvalue weighted by Crippen LogP contribution is -2.58. The molecule has 1 aliphatic rings. The summed E-state index contributed by atoms with van der Waals surface area (Å²) in [6.07, 6.45) is 0.673. The number of ether oxygens (including phenoxy) is 2. The highest BCUT2D eigenvalue weighted by atomic mass is 35.5. The molecule has 4 nitrogen and oxygen atoms in total. The second-order valence-electron chi connectivity index (χ2n) is 8.05. The number of aryl methyl sites for hydroxylation is 1. The SMILES string of the molecule is CCc1cc(Oc2ccc(Cl)cc2)ccc1C1C(=O)C(C)(C)OC(C)(C)C1=O. The van der Waals surface area contributed by atoms with E-state index in [1.54, 1.807) is 58.0 Å². The second-order valence-corrected chi connectivity index (χ2v) is 8.49. The summed E-state index contributed by atoms with van der Waals surface area (Å²) in [6.45, 7) is 8.89. The van der Waals surface area contributed by atoms with Gasteiger partial charge in [0.25, 0.3) is 0 Å². The van der Waals surface area contributed by atoms with Gasteiger partial charge in [0.15, 0.2) is 11.6 Å². The molecule has 0 saturated carbocycles. The van der Waals surface area contributed by atoms with Gasteiger partial charge in [-0.25, -0.2) is 0 Å². The minimum absolute atomic E-state index is 0.210. The van der Waals surface area contributed by atoms with E-state index in [0.29, 0.717) is 22.9 Å². The van der Waals surface area contributed by atoms with Crippen molar-refractivity contribution in [2.75, 3.05) is 0 Å². The molecule has 0 bridgehead atoms. The molecular formula is C23H25ClO4. The maximum absolute atomic E-state index is 13.0. The van der Waals surface area contributed by atoms with Gasteiger partial charge >= 0.3 is 0 Å². The van der Waals surface area contributed by atoms with Crippen molar-refractivity contribution in [3.05, 3.63) is 58.6 Å². The summed E-state index contributed by atoms with van der Waals surface area (Å²) in [5.74, 6) is 0.0576. The van der Waals surface area contributed by atoms with Crippen molar-refractivity contribution in [2.45, 2.75) is 58.2 Å². The molecule has 1 saturated heterocycles. The van der Waals surface area contributed by atoms with Crippen LogP contribution in [-0.2, 0) is 20.7 Å². The molecule has 2 aromatic carbocycles. The van der Waals surface area contributed by atoms with E-state index in [9.17, 15) is 9.59 Å². The molecule has 1 heterocycles. The number of carbonyl (C=O) groups is 2. The maximum atomic E-state index is 13.0. The first-order valence-electron chi connectivity index (χ1n) is 9.40. The third-order valence-electron chi connectivity index (χ3n) is 5.08. The van der Waals surface area contributed by atoms with Crippen molar-refractivity contribution in [3.63, 3.8) is 0 Å². The first-order chi connectivity index (χ1) is 13.0. The summed E-state index contributed by atoms with van der Waals surface area (Å²) in [6, 6.07) is 12.6. The highest BCUT2D eigenvalue weighted by Crippen LogP contribution is 2.40. The third kappa shape index (κ3) is 3.85. The highest BCUT2D eigenvalue weighted by molar-refractivity contribution is 6.30. The van der Waals surface area contributed by atoms with E-state index in [0.717, 1.165) is 11.1 Å². The molecule has 2 aromatic rings. The van der Waals surface area contributed by atoms with E-state index in [4.69, 9.17) is 21.1 Å². The van der Waals surface area contributed by atoms with Gasteiger partial charge in [0, 0.05) is 5.02 Å². The molecule has 148 valence electrons. The van der Waals surface area contributed by atoms with Crippen molar-refractivity contribution >= 4 is 23.2 Å². The van der Waals surface area contributed by atoms with Crippen molar-refractivity contribution in [3.8, 4) is 11.5 Å². The number of halogens is 1. The quantitative estimate of drug-likeness (QED) is 0.635. The zero-order valence-electron chi connectivity index (χ0n) is 16.8. The van der Waals surface area contributed by atoms with E-state index >= 15 is 0 Å². The standard InChI is InChI=1S/C23H25ClO4/c1-6-14-13-17(27-16-9-7-15(24)8-10-16)11-12-18(14)19-20(25)22(2,3)28-23(4,5)21(19)26/h7-13,19H,6H2,1-5H3. The Bertz CT molecular complexity index is 887. The molecule has 3 rings (SSSR count). The van der Waals surface area contributed by atoms with Crippen LogP contribution in [0.25, 0.3) is 0 Å². The predicted octanol–water partition coefficient (Wildman–Crippen LogP) is 5.50. The molecular weight excluding hydrogens is 376 g/mol. The number of ketones is 2. The summed E-state index contributed by atoms with van der Waals surface area (Å²) in [5, 5.41) is 0.638. The van der Waals surface area contributed by atoms with E-state index < -0.39 is 17.1 Å². The summed E-state index contributed by atoms with van der Waals surface area (Å²) in [5.41, 5.74) is -0.408. The lowest BCUT2D eigenvalue weighted by atomic mass is 9.74. The molecule has 0 aromatic heterocycles. The van der Waals surface area contributed by atoms with Crippen LogP contribution in [0.4, 0.5) is 0 Å². The van der Waals surface area contributed by atoms with Gasteiger partial charge in [0.2, 0.25) is 0 Å². The normalized spacial score (nSPS) is 18.9. The fourth-order valence-electron chi connectivity index (χ4n) is 3.71. The Kier molecular flexibility index (Phi) is 5.39. The summed E-state index contributed by atoms with van der Waals surface area (Å²) in [7, 11) is 0. The Labute approximate surface area is 170 Å². The molecule has 0 N–H and O–H groups in total. The van der Waals surface area contributed by atoms with E-state index in [-0.39, 0.29) is 11.6 Å². The van der Waals surface area contributed by atoms with Crippen LogP contribution in [0, 0.1) is 0 Å². The summed E-state index contributed by atoms with van der Waals surface area (Å²) in [4.78, 5) is 26.1. The van der Waals surface area contributed by atoms with Crippen LogP contribution in [-0.4, -0.2) is 22.8 Å². The zero-order chi connectivity index (χ0) is 20.7. The Morgan fingerprint density at radius 3 is 2.00 bits per heavy atom. The minimum atomic E-state index is -1.02. The summed E-state index contributed by atoms with van der Waals surface area (Å²) >= 11 is 5.91. The Balaban J connectivity index is 1.98. The van der Waals surface area contributed by atoms with Crippen LogP contribution in [0.5, 0.6) is 11.5 Å². The molecule has 0 spiro atoms. The van der Waals surface area contributed by atoms with Gasteiger partial charge in [0.1, 0.15) is 28.6 Å². The third-order valence-corrected chi connectivity index (χ3v) is 5.33. The van der Waals surface area contributed by atoms with Crippen LogP contribution >= 0.6 is 11.6 Å². The molecule has 0 atom stereocenters. The largest absolute Gasteiger partial charge is 0.457 e. The van der Waals surface area contributed by atoms with Crippen LogP contribution in [0.1, 0.15) is 51.7 Å². The van der Waals surface area contributed by atoms with Crippen LogP contribution in [0.2, 0.25) is 5.02 Å². The fourth-order valence-corrected chi connectivity index (χ4v) is 3.83. The van der Waals surface area contributed by atoms with Crippen molar-refractivity contribution in [2.24, 2.45) is 0 Å². The average Bonchev–Trinajstić information content (AvgIpc) is 2.62. The molecule has 0 amide bonds. The number of rotatable bonds is 4. The van der Waals surface area contributed by atoms with Gasteiger partial charge < -0.3 is 9.47 Å². The molecule has 0 unspecified atom stereocenters. The lowest BCUT2D eigenvalue weighted by Gasteiger charge is -2.43.